The molecule has 1 aliphatic rings. The van der Waals surface area contributed by atoms with Crippen LogP contribution in [0.2, 0.25) is 0 Å². The molecule has 0 aliphatic carbocycles. The van der Waals surface area contributed by atoms with Gasteiger partial charge in [0.1, 0.15) is 0 Å². The van der Waals surface area contributed by atoms with Crippen LogP contribution in [0.3, 0.4) is 0 Å². The Bertz CT molecular complexity index is 483. The lowest BCUT2D eigenvalue weighted by molar-refractivity contribution is -0.137. The van der Waals surface area contributed by atoms with E-state index in [0.717, 1.165) is 12.1 Å². The molecular weight excluding hydrogens is 237 g/mol. The summed E-state index contributed by atoms with van der Waals surface area (Å²) in [6.07, 6.45) is -4.42. The SMILES string of the molecule is O=C1COC(c2cccc(C(F)(F)F)c2)=NN1. The highest BCUT2D eigenvalue weighted by atomic mass is 19.4. The zero-order chi connectivity index (χ0) is 12.5. The number of carbonyl (C=O) groups excluding carboxylic acids is 1. The van der Waals surface area contributed by atoms with Gasteiger partial charge in [0.2, 0.25) is 5.90 Å². The number of halogens is 3. The lowest BCUT2D eigenvalue weighted by atomic mass is 10.1. The summed E-state index contributed by atoms with van der Waals surface area (Å²) in [5, 5.41) is 3.53. The molecule has 90 valence electrons. The van der Waals surface area contributed by atoms with E-state index in [1.807, 2.05) is 0 Å². The van der Waals surface area contributed by atoms with Crippen LogP contribution in [-0.4, -0.2) is 18.4 Å². The molecule has 2 rings (SSSR count). The molecule has 1 N–H and O–H groups in total. The normalized spacial score (nSPS) is 15.9. The van der Waals surface area contributed by atoms with Crippen molar-refractivity contribution >= 4 is 11.8 Å². The minimum absolute atomic E-state index is 0.0318. The number of nitrogens with zero attached hydrogens (tertiary/aromatic N) is 1. The molecule has 0 fully saturated rings. The molecule has 0 bridgehead atoms. The van der Waals surface area contributed by atoms with Crippen molar-refractivity contribution in [3.8, 4) is 0 Å². The van der Waals surface area contributed by atoms with Crippen LogP contribution in [0.15, 0.2) is 29.4 Å². The summed E-state index contributed by atoms with van der Waals surface area (Å²) in [5.74, 6) is -0.476. The molecule has 17 heavy (non-hydrogen) atoms. The van der Waals surface area contributed by atoms with Crippen LogP contribution >= 0.6 is 0 Å². The van der Waals surface area contributed by atoms with Crippen molar-refractivity contribution in [3.05, 3.63) is 35.4 Å². The summed E-state index contributed by atoms with van der Waals surface area (Å²) in [6, 6.07) is 4.54. The lowest BCUT2D eigenvalue weighted by Gasteiger charge is -2.14. The van der Waals surface area contributed by atoms with Crippen molar-refractivity contribution in [2.75, 3.05) is 6.61 Å². The monoisotopic (exact) mass is 244 g/mol. The Kier molecular flexibility index (Phi) is 2.74. The number of carbonyl (C=O) groups is 1. The molecule has 7 heteroatoms. The predicted molar refractivity (Wildman–Crippen MR) is 52.1 cm³/mol. The van der Waals surface area contributed by atoms with E-state index in [1.165, 1.54) is 12.1 Å². The first-order valence-corrected chi connectivity index (χ1v) is 4.64. The molecule has 4 nitrogen and oxygen atoms in total. The molecule has 0 saturated carbocycles. The van der Waals surface area contributed by atoms with Gasteiger partial charge in [-0.05, 0) is 18.2 Å². The number of ether oxygens (including phenoxy) is 1. The summed E-state index contributed by atoms with van der Waals surface area (Å²) < 4.78 is 42.3. The average molecular weight is 244 g/mol. The molecule has 0 spiro atoms. The van der Waals surface area contributed by atoms with Crippen LogP contribution in [0.25, 0.3) is 0 Å². The van der Waals surface area contributed by atoms with Crippen LogP contribution in [-0.2, 0) is 15.7 Å². The van der Waals surface area contributed by atoms with Crippen LogP contribution < -0.4 is 5.43 Å². The maximum atomic E-state index is 12.4. The number of rotatable bonds is 1. The number of benzene rings is 1. The molecule has 1 aromatic rings. The first kappa shape index (κ1) is 11.4. The average Bonchev–Trinajstić information content (AvgIpc) is 2.29. The molecule has 1 amide bonds. The zero-order valence-corrected chi connectivity index (χ0v) is 8.41. The van der Waals surface area contributed by atoms with Crippen molar-refractivity contribution in [2.45, 2.75) is 6.18 Å². The molecule has 1 aliphatic heterocycles. The van der Waals surface area contributed by atoms with Gasteiger partial charge in [-0.25, -0.2) is 5.43 Å². The number of nitrogens with one attached hydrogen (secondary N) is 1. The fourth-order valence-corrected chi connectivity index (χ4v) is 1.29. The molecule has 0 radical (unpaired) electrons. The number of alkyl halides is 3. The van der Waals surface area contributed by atoms with Crippen LogP contribution in [0.5, 0.6) is 0 Å². The van der Waals surface area contributed by atoms with Crippen molar-refractivity contribution in [1.29, 1.82) is 0 Å². The molecule has 1 aromatic carbocycles. The lowest BCUT2D eigenvalue weighted by Crippen LogP contribution is -2.32. The number of hydrazone groups is 1. The van der Waals surface area contributed by atoms with Gasteiger partial charge in [-0.2, -0.15) is 13.2 Å². The largest absolute Gasteiger partial charge is 0.466 e. The second-order valence-electron chi connectivity index (χ2n) is 3.32. The van der Waals surface area contributed by atoms with E-state index >= 15 is 0 Å². The summed E-state index contributed by atoms with van der Waals surface area (Å²) in [4.78, 5) is 10.7. The Hall–Kier alpha value is -2.05. The Morgan fingerprint density at radius 2 is 2.12 bits per heavy atom. The minimum Gasteiger partial charge on any atom is -0.466 e. The maximum Gasteiger partial charge on any atom is 0.416 e. The summed E-state index contributed by atoms with van der Waals surface area (Å²) in [7, 11) is 0. The van der Waals surface area contributed by atoms with E-state index in [-0.39, 0.29) is 18.1 Å². The van der Waals surface area contributed by atoms with Gasteiger partial charge >= 0.3 is 6.18 Å². The van der Waals surface area contributed by atoms with Crippen LogP contribution in [0.4, 0.5) is 13.2 Å². The smallest absolute Gasteiger partial charge is 0.416 e. The first-order valence-electron chi connectivity index (χ1n) is 4.64. The van der Waals surface area contributed by atoms with Crippen molar-refractivity contribution in [2.24, 2.45) is 5.10 Å². The second kappa shape index (κ2) is 4.08. The summed E-state index contributed by atoms with van der Waals surface area (Å²) >= 11 is 0. The minimum atomic E-state index is -4.42. The Morgan fingerprint density at radius 1 is 1.35 bits per heavy atom. The van der Waals surface area contributed by atoms with Crippen LogP contribution in [0.1, 0.15) is 11.1 Å². The fourth-order valence-electron chi connectivity index (χ4n) is 1.29. The highest BCUT2D eigenvalue weighted by Gasteiger charge is 2.31. The molecule has 1 heterocycles. The fraction of sp³-hybridized carbons (Fsp3) is 0.200. The number of hydrogen-bond acceptors (Lipinski definition) is 3. The second-order valence-corrected chi connectivity index (χ2v) is 3.32. The van der Waals surface area contributed by atoms with Crippen molar-refractivity contribution in [1.82, 2.24) is 5.43 Å². The zero-order valence-electron chi connectivity index (χ0n) is 8.41. The van der Waals surface area contributed by atoms with E-state index in [1.54, 1.807) is 0 Å². The van der Waals surface area contributed by atoms with Gasteiger partial charge in [-0.15, -0.1) is 5.10 Å². The van der Waals surface area contributed by atoms with E-state index in [0.29, 0.717) is 0 Å². The molecule has 0 aromatic heterocycles. The Labute approximate surface area is 94.1 Å². The Morgan fingerprint density at radius 3 is 2.71 bits per heavy atom. The molecule has 0 atom stereocenters. The molecule has 0 saturated heterocycles. The third kappa shape index (κ3) is 2.55. The maximum absolute atomic E-state index is 12.4. The van der Waals surface area contributed by atoms with Gasteiger partial charge in [0.05, 0.1) is 5.56 Å². The summed E-state index contributed by atoms with van der Waals surface area (Å²) in [6.45, 7) is -0.255. The predicted octanol–water partition coefficient (Wildman–Crippen LogP) is 1.51. The molecule has 0 unspecified atom stereocenters. The van der Waals surface area contributed by atoms with Crippen LogP contribution in [0, 0.1) is 0 Å². The standard InChI is InChI=1S/C10H7F3N2O2/c11-10(12,13)7-3-1-2-6(4-7)9-15-14-8(16)5-17-9/h1-4H,5H2,(H,14,16). The van der Waals surface area contributed by atoms with E-state index in [2.05, 4.69) is 10.5 Å². The number of hydrogen-bond donors (Lipinski definition) is 1. The third-order valence-electron chi connectivity index (χ3n) is 2.06. The van der Waals surface area contributed by atoms with Crippen molar-refractivity contribution < 1.29 is 22.7 Å². The van der Waals surface area contributed by atoms with Crippen molar-refractivity contribution in [3.63, 3.8) is 0 Å². The van der Waals surface area contributed by atoms with Gasteiger partial charge in [0, 0.05) is 5.56 Å². The molecular formula is C10H7F3N2O2. The Balaban J connectivity index is 2.31. The van der Waals surface area contributed by atoms with Gasteiger partial charge in [0.15, 0.2) is 6.61 Å². The quantitative estimate of drug-likeness (QED) is 0.814. The highest BCUT2D eigenvalue weighted by Crippen LogP contribution is 2.29. The number of amides is 1. The third-order valence-corrected chi connectivity index (χ3v) is 2.06. The topological polar surface area (TPSA) is 50.7 Å². The highest BCUT2D eigenvalue weighted by molar-refractivity contribution is 5.98. The van der Waals surface area contributed by atoms with E-state index < -0.39 is 17.6 Å². The van der Waals surface area contributed by atoms with Gasteiger partial charge in [-0.3, -0.25) is 4.79 Å². The van der Waals surface area contributed by atoms with Gasteiger partial charge in [0.25, 0.3) is 5.91 Å². The van der Waals surface area contributed by atoms with E-state index in [9.17, 15) is 18.0 Å². The van der Waals surface area contributed by atoms with E-state index in [4.69, 9.17) is 4.74 Å². The van der Waals surface area contributed by atoms with Gasteiger partial charge < -0.3 is 4.74 Å². The first-order chi connectivity index (χ1) is 7.97. The van der Waals surface area contributed by atoms with Gasteiger partial charge in [-0.1, -0.05) is 6.07 Å². The summed E-state index contributed by atoms with van der Waals surface area (Å²) in [5.41, 5.74) is 1.50.